The lowest BCUT2D eigenvalue weighted by Crippen LogP contribution is -2.30. The van der Waals surface area contributed by atoms with E-state index in [2.05, 4.69) is 16.7 Å². The van der Waals surface area contributed by atoms with Crippen LogP contribution >= 0.6 is 0 Å². The Kier molecular flexibility index (Phi) is 6.26. The molecule has 2 aromatic rings. The Morgan fingerprint density at radius 2 is 1.76 bits per heavy atom. The molecule has 0 aromatic heterocycles. The van der Waals surface area contributed by atoms with Crippen LogP contribution in [-0.2, 0) is 20.9 Å². The lowest BCUT2D eigenvalue weighted by molar-refractivity contribution is -0.131. The highest BCUT2D eigenvalue weighted by atomic mass is 16.5. The molecule has 6 nitrogen and oxygen atoms in total. The number of anilines is 1. The van der Waals surface area contributed by atoms with Crippen molar-refractivity contribution in [3.05, 3.63) is 65.2 Å². The van der Waals surface area contributed by atoms with Crippen LogP contribution in [0.25, 0.3) is 0 Å². The number of amides is 2. The first kappa shape index (κ1) is 18.2. The van der Waals surface area contributed by atoms with Gasteiger partial charge in [-0.15, -0.1) is 0 Å². The molecule has 0 saturated heterocycles. The number of hydrogen-bond donors (Lipinski definition) is 2. The van der Waals surface area contributed by atoms with Gasteiger partial charge in [0.15, 0.2) is 6.10 Å². The molecule has 0 saturated carbocycles. The fourth-order valence-corrected chi connectivity index (χ4v) is 2.32. The highest BCUT2D eigenvalue weighted by Crippen LogP contribution is 2.19. The Bertz CT molecular complexity index is 777. The SMILES string of the molecule is CO[C@H](C(=O)NCc1ccc(C#N)cc1)c1ccc(NC(C)=O)cc1. The number of methoxy groups -OCH3 is 1. The minimum Gasteiger partial charge on any atom is -0.367 e. The molecule has 0 heterocycles. The van der Waals surface area contributed by atoms with Crippen molar-refractivity contribution in [3.63, 3.8) is 0 Å². The van der Waals surface area contributed by atoms with Gasteiger partial charge >= 0.3 is 0 Å². The van der Waals surface area contributed by atoms with Crippen LogP contribution in [0.15, 0.2) is 48.5 Å². The summed E-state index contributed by atoms with van der Waals surface area (Å²) in [6.07, 6.45) is -0.746. The van der Waals surface area contributed by atoms with Crippen molar-refractivity contribution in [2.45, 2.75) is 19.6 Å². The summed E-state index contributed by atoms with van der Waals surface area (Å²) < 4.78 is 5.30. The van der Waals surface area contributed by atoms with Gasteiger partial charge in [-0.1, -0.05) is 24.3 Å². The number of rotatable bonds is 6. The zero-order valence-corrected chi connectivity index (χ0v) is 14.1. The lowest BCUT2D eigenvalue weighted by Gasteiger charge is -2.16. The van der Waals surface area contributed by atoms with Crippen molar-refractivity contribution < 1.29 is 14.3 Å². The van der Waals surface area contributed by atoms with Crippen molar-refractivity contribution in [2.75, 3.05) is 12.4 Å². The smallest absolute Gasteiger partial charge is 0.254 e. The van der Waals surface area contributed by atoms with Gasteiger partial charge in [0, 0.05) is 26.3 Å². The number of ether oxygens (including phenoxy) is 1. The third-order valence-electron chi connectivity index (χ3n) is 3.56. The Morgan fingerprint density at radius 3 is 2.28 bits per heavy atom. The summed E-state index contributed by atoms with van der Waals surface area (Å²) in [4.78, 5) is 23.4. The minimum absolute atomic E-state index is 0.156. The van der Waals surface area contributed by atoms with E-state index >= 15 is 0 Å². The molecule has 0 fully saturated rings. The van der Waals surface area contributed by atoms with Gasteiger partial charge < -0.3 is 15.4 Å². The van der Waals surface area contributed by atoms with Crippen LogP contribution in [0.4, 0.5) is 5.69 Å². The molecule has 2 N–H and O–H groups in total. The van der Waals surface area contributed by atoms with Crippen LogP contribution in [0.3, 0.4) is 0 Å². The fraction of sp³-hybridized carbons (Fsp3) is 0.211. The molecule has 0 radical (unpaired) electrons. The molecule has 0 aliphatic heterocycles. The van der Waals surface area contributed by atoms with E-state index < -0.39 is 6.10 Å². The van der Waals surface area contributed by atoms with Gasteiger partial charge in [0.2, 0.25) is 5.91 Å². The molecule has 0 bridgehead atoms. The van der Waals surface area contributed by atoms with Gasteiger partial charge in [-0.25, -0.2) is 0 Å². The maximum absolute atomic E-state index is 12.4. The molecule has 2 aromatic carbocycles. The van der Waals surface area contributed by atoms with E-state index in [0.717, 1.165) is 5.56 Å². The molecule has 1 atom stereocenters. The summed E-state index contributed by atoms with van der Waals surface area (Å²) in [5.41, 5.74) is 2.81. The van der Waals surface area contributed by atoms with E-state index in [0.29, 0.717) is 23.4 Å². The number of nitrogens with zero attached hydrogens (tertiary/aromatic N) is 1. The molecule has 25 heavy (non-hydrogen) atoms. The van der Waals surface area contributed by atoms with E-state index in [1.807, 2.05) is 0 Å². The summed E-state index contributed by atoms with van der Waals surface area (Å²) in [6, 6.07) is 16.0. The molecular formula is C19H19N3O3. The number of carbonyl (C=O) groups is 2. The first-order chi connectivity index (χ1) is 12.0. The average Bonchev–Trinajstić information content (AvgIpc) is 2.62. The molecule has 2 rings (SSSR count). The molecule has 0 spiro atoms. The Hall–Kier alpha value is -3.17. The van der Waals surface area contributed by atoms with Crippen LogP contribution in [0.5, 0.6) is 0 Å². The second kappa shape index (κ2) is 8.62. The largest absolute Gasteiger partial charge is 0.367 e. The average molecular weight is 337 g/mol. The molecule has 2 amide bonds. The van der Waals surface area contributed by atoms with E-state index in [-0.39, 0.29) is 11.8 Å². The van der Waals surface area contributed by atoms with Crippen LogP contribution in [0.1, 0.15) is 29.7 Å². The van der Waals surface area contributed by atoms with Gasteiger partial charge in [0.05, 0.1) is 11.6 Å². The first-order valence-electron chi connectivity index (χ1n) is 7.70. The first-order valence-corrected chi connectivity index (χ1v) is 7.70. The Balaban J connectivity index is 2.00. The van der Waals surface area contributed by atoms with E-state index in [1.54, 1.807) is 48.5 Å². The van der Waals surface area contributed by atoms with Gasteiger partial charge in [-0.05, 0) is 35.4 Å². The summed E-state index contributed by atoms with van der Waals surface area (Å²) in [6.45, 7) is 1.77. The van der Waals surface area contributed by atoms with Gasteiger partial charge in [0.25, 0.3) is 5.91 Å². The molecule has 0 unspecified atom stereocenters. The second-order valence-electron chi connectivity index (χ2n) is 5.45. The zero-order chi connectivity index (χ0) is 18.2. The van der Waals surface area contributed by atoms with E-state index in [4.69, 9.17) is 10.00 Å². The number of hydrogen-bond acceptors (Lipinski definition) is 4. The van der Waals surface area contributed by atoms with Gasteiger partial charge in [-0.2, -0.15) is 5.26 Å². The van der Waals surface area contributed by atoms with Crippen molar-refractivity contribution in [3.8, 4) is 6.07 Å². The maximum atomic E-state index is 12.4. The van der Waals surface area contributed by atoms with Gasteiger partial charge in [-0.3, -0.25) is 9.59 Å². The zero-order valence-electron chi connectivity index (χ0n) is 14.1. The molecule has 0 aliphatic rings. The lowest BCUT2D eigenvalue weighted by atomic mass is 10.1. The quantitative estimate of drug-likeness (QED) is 0.847. The van der Waals surface area contributed by atoms with Crippen LogP contribution < -0.4 is 10.6 Å². The molecule has 6 heteroatoms. The minimum atomic E-state index is -0.746. The standard InChI is InChI=1S/C19H19N3O3/c1-13(23)22-17-9-7-16(8-10-17)18(25-2)19(24)21-12-15-5-3-14(11-20)4-6-15/h3-10,18H,12H2,1-2H3,(H,21,24)(H,22,23)/t18-/m0/s1. The second-order valence-corrected chi connectivity index (χ2v) is 5.45. The fourth-order valence-electron chi connectivity index (χ4n) is 2.32. The van der Waals surface area contributed by atoms with Crippen LogP contribution in [-0.4, -0.2) is 18.9 Å². The Labute approximate surface area is 146 Å². The van der Waals surface area contributed by atoms with Crippen molar-refractivity contribution >= 4 is 17.5 Å². The highest BCUT2D eigenvalue weighted by molar-refractivity contribution is 5.88. The topological polar surface area (TPSA) is 91.2 Å². The molecule has 0 aliphatic carbocycles. The summed E-state index contributed by atoms with van der Waals surface area (Å²) >= 11 is 0. The third kappa shape index (κ3) is 5.16. The number of nitriles is 1. The number of benzene rings is 2. The van der Waals surface area contributed by atoms with E-state index in [1.165, 1.54) is 14.0 Å². The van der Waals surface area contributed by atoms with Gasteiger partial charge in [0.1, 0.15) is 0 Å². The molecular weight excluding hydrogens is 318 g/mol. The molecule has 128 valence electrons. The van der Waals surface area contributed by atoms with E-state index in [9.17, 15) is 9.59 Å². The van der Waals surface area contributed by atoms with Crippen molar-refractivity contribution in [2.24, 2.45) is 0 Å². The predicted molar refractivity (Wildman–Crippen MR) is 93.5 cm³/mol. The predicted octanol–water partition coefficient (Wildman–Crippen LogP) is 2.52. The third-order valence-corrected chi connectivity index (χ3v) is 3.56. The van der Waals surface area contributed by atoms with Crippen molar-refractivity contribution in [1.29, 1.82) is 5.26 Å². The maximum Gasteiger partial charge on any atom is 0.254 e. The monoisotopic (exact) mass is 337 g/mol. The number of carbonyl (C=O) groups excluding carboxylic acids is 2. The Morgan fingerprint density at radius 1 is 1.12 bits per heavy atom. The normalized spacial score (nSPS) is 11.2. The summed E-state index contributed by atoms with van der Waals surface area (Å²) in [5.74, 6) is -0.421. The summed E-state index contributed by atoms with van der Waals surface area (Å²) in [5, 5.41) is 14.3. The number of nitrogens with one attached hydrogen (secondary N) is 2. The van der Waals surface area contributed by atoms with Crippen molar-refractivity contribution in [1.82, 2.24) is 5.32 Å². The summed E-state index contributed by atoms with van der Waals surface area (Å²) in [7, 11) is 1.47. The highest BCUT2D eigenvalue weighted by Gasteiger charge is 2.19. The van der Waals surface area contributed by atoms with Crippen LogP contribution in [0.2, 0.25) is 0 Å². The van der Waals surface area contributed by atoms with Crippen LogP contribution in [0, 0.1) is 11.3 Å².